The van der Waals surface area contributed by atoms with Crippen LogP contribution in [-0.2, 0) is 6.54 Å². The van der Waals surface area contributed by atoms with Crippen LogP contribution < -0.4 is 5.32 Å². The Hall–Kier alpha value is -1.94. The Bertz CT molecular complexity index is 723. The highest BCUT2D eigenvalue weighted by Crippen LogP contribution is 2.33. The zero-order valence-electron chi connectivity index (χ0n) is 13.7. The van der Waals surface area contributed by atoms with Crippen molar-refractivity contribution in [1.82, 2.24) is 9.47 Å². The fraction of sp³-hybridized carbons (Fsp3) is 0.389. The smallest absolute Gasteiger partial charge is 0.322 e. The molecule has 5 heteroatoms. The average molecular weight is 332 g/mol. The summed E-state index contributed by atoms with van der Waals surface area (Å²) in [5.74, 6) is 0.344. The van der Waals surface area contributed by atoms with Crippen molar-refractivity contribution in [3.8, 4) is 0 Å². The van der Waals surface area contributed by atoms with Crippen molar-refractivity contribution < 1.29 is 4.79 Å². The van der Waals surface area contributed by atoms with Gasteiger partial charge in [-0.25, -0.2) is 4.79 Å². The lowest BCUT2D eigenvalue weighted by molar-refractivity contribution is 0.144. The van der Waals surface area contributed by atoms with Crippen LogP contribution in [0.4, 0.5) is 10.5 Å². The molecule has 2 aromatic rings. The van der Waals surface area contributed by atoms with Gasteiger partial charge in [-0.05, 0) is 42.7 Å². The number of hydrogen-bond acceptors (Lipinski definition) is 1. The Labute approximate surface area is 142 Å². The van der Waals surface area contributed by atoms with Crippen molar-refractivity contribution in [2.75, 3.05) is 11.9 Å². The van der Waals surface area contributed by atoms with Gasteiger partial charge >= 0.3 is 6.03 Å². The lowest BCUT2D eigenvalue weighted by Crippen LogP contribution is -2.45. The van der Waals surface area contributed by atoms with Gasteiger partial charge in [-0.3, -0.25) is 0 Å². The second-order valence-electron chi connectivity index (χ2n) is 6.40. The van der Waals surface area contributed by atoms with E-state index in [0.717, 1.165) is 17.8 Å². The predicted octanol–water partition coefficient (Wildman–Crippen LogP) is 4.69. The maximum atomic E-state index is 12.8. The number of benzene rings is 1. The maximum Gasteiger partial charge on any atom is 0.322 e. The quantitative estimate of drug-likeness (QED) is 0.851. The van der Waals surface area contributed by atoms with Crippen LogP contribution in [0.5, 0.6) is 0 Å². The molecule has 0 unspecified atom stereocenters. The van der Waals surface area contributed by atoms with Crippen molar-refractivity contribution in [3.63, 3.8) is 0 Å². The molecule has 0 saturated heterocycles. The van der Waals surface area contributed by atoms with Crippen molar-refractivity contribution in [1.29, 1.82) is 0 Å². The molecule has 1 atom stereocenters. The van der Waals surface area contributed by atoms with Crippen molar-refractivity contribution in [2.45, 2.75) is 33.4 Å². The zero-order valence-corrected chi connectivity index (χ0v) is 14.5. The summed E-state index contributed by atoms with van der Waals surface area (Å²) in [5, 5.41) is 3.64. The summed E-state index contributed by atoms with van der Waals surface area (Å²) in [4.78, 5) is 14.7. The third-order valence-electron chi connectivity index (χ3n) is 4.40. The molecule has 0 saturated carbocycles. The lowest BCUT2D eigenvalue weighted by atomic mass is 9.97. The van der Waals surface area contributed by atoms with E-state index >= 15 is 0 Å². The number of fused-ring (bicyclic) bond motifs is 1. The molecule has 0 fully saturated rings. The molecular formula is C18H22ClN3O. The van der Waals surface area contributed by atoms with Gasteiger partial charge in [0.2, 0.25) is 0 Å². The summed E-state index contributed by atoms with van der Waals surface area (Å²) < 4.78 is 2.23. The molecule has 1 aliphatic rings. The molecule has 0 aliphatic carbocycles. The summed E-state index contributed by atoms with van der Waals surface area (Å²) in [6.45, 7) is 7.78. The van der Waals surface area contributed by atoms with Gasteiger partial charge in [0.05, 0.1) is 6.04 Å². The van der Waals surface area contributed by atoms with Crippen LogP contribution in [-0.4, -0.2) is 22.0 Å². The number of urea groups is 1. The van der Waals surface area contributed by atoms with Gasteiger partial charge in [0.15, 0.2) is 0 Å². The van der Waals surface area contributed by atoms with Crippen LogP contribution in [0.2, 0.25) is 5.02 Å². The van der Waals surface area contributed by atoms with E-state index in [1.165, 1.54) is 5.69 Å². The van der Waals surface area contributed by atoms with Gasteiger partial charge in [-0.15, -0.1) is 0 Å². The Morgan fingerprint density at radius 2 is 2.09 bits per heavy atom. The minimum Gasteiger partial charge on any atom is -0.348 e. The first-order chi connectivity index (χ1) is 11.0. The molecular weight excluding hydrogens is 310 g/mol. The van der Waals surface area contributed by atoms with Crippen LogP contribution in [0, 0.1) is 12.8 Å². The summed E-state index contributed by atoms with van der Waals surface area (Å²) in [6.07, 6.45) is 2.08. The number of amides is 2. The van der Waals surface area contributed by atoms with Crippen LogP contribution in [0.25, 0.3) is 0 Å². The zero-order chi connectivity index (χ0) is 16.6. The molecule has 1 aromatic carbocycles. The predicted molar refractivity (Wildman–Crippen MR) is 93.9 cm³/mol. The molecule has 1 N–H and O–H groups in total. The number of halogens is 1. The molecule has 3 rings (SSSR count). The Balaban J connectivity index is 1.82. The topological polar surface area (TPSA) is 37.3 Å². The number of rotatable bonds is 2. The standard InChI is InChI=1S/C18H22ClN3O/c1-12(2)17-16-5-4-8-21(16)9-10-22(17)18(23)20-14-7-6-13(3)15(19)11-14/h4-8,11-12,17H,9-10H2,1-3H3,(H,20,23)/t17-/m1/s1. The number of nitrogens with zero attached hydrogens (tertiary/aromatic N) is 2. The average Bonchev–Trinajstić information content (AvgIpc) is 2.98. The SMILES string of the molecule is Cc1ccc(NC(=O)N2CCn3cccc3[C@H]2C(C)C)cc1Cl. The molecule has 23 heavy (non-hydrogen) atoms. The third kappa shape index (κ3) is 3.08. The highest BCUT2D eigenvalue weighted by molar-refractivity contribution is 6.31. The van der Waals surface area contributed by atoms with Crippen molar-refractivity contribution in [3.05, 3.63) is 52.8 Å². The van der Waals surface area contributed by atoms with Crippen LogP contribution in [0.1, 0.15) is 31.1 Å². The van der Waals surface area contributed by atoms with E-state index in [0.29, 0.717) is 17.5 Å². The molecule has 2 amide bonds. The number of carbonyl (C=O) groups excluding carboxylic acids is 1. The second kappa shape index (κ2) is 6.28. The Kier molecular flexibility index (Phi) is 4.35. The third-order valence-corrected chi connectivity index (χ3v) is 4.81. The highest BCUT2D eigenvalue weighted by Gasteiger charge is 2.32. The fourth-order valence-electron chi connectivity index (χ4n) is 3.21. The first-order valence-electron chi connectivity index (χ1n) is 7.96. The number of aromatic nitrogens is 1. The fourth-order valence-corrected chi connectivity index (χ4v) is 3.39. The maximum absolute atomic E-state index is 12.8. The molecule has 1 aromatic heterocycles. The Morgan fingerprint density at radius 3 is 2.78 bits per heavy atom. The molecule has 0 radical (unpaired) electrons. The lowest BCUT2D eigenvalue weighted by Gasteiger charge is -2.39. The van der Waals surface area contributed by atoms with E-state index in [4.69, 9.17) is 11.6 Å². The summed E-state index contributed by atoms with van der Waals surface area (Å²) >= 11 is 6.15. The van der Waals surface area contributed by atoms with Gasteiger partial charge < -0.3 is 14.8 Å². The number of hydrogen-bond donors (Lipinski definition) is 1. The van der Waals surface area contributed by atoms with Crippen molar-refractivity contribution in [2.24, 2.45) is 5.92 Å². The van der Waals surface area contributed by atoms with E-state index in [2.05, 4.69) is 36.0 Å². The largest absolute Gasteiger partial charge is 0.348 e. The van der Waals surface area contributed by atoms with Crippen LogP contribution in [0.3, 0.4) is 0 Å². The number of anilines is 1. The minimum atomic E-state index is -0.0731. The van der Waals surface area contributed by atoms with E-state index in [1.54, 1.807) is 6.07 Å². The summed E-state index contributed by atoms with van der Waals surface area (Å²) in [6, 6.07) is 9.76. The van der Waals surface area contributed by atoms with Gasteiger partial charge in [-0.2, -0.15) is 0 Å². The number of carbonyl (C=O) groups is 1. The van der Waals surface area contributed by atoms with Gasteiger partial charge in [0.1, 0.15) is 0 Å². The van der Waals surface area contributed by atoms with E-state index in [1.807, 2.05) is 30.0 Å². The highest BCUT2D eigenvalue weighted by atomic mass is 35.5. The molecule has 122 valence electrons. The number of nitrogens with one attached hydrogen (secondary N) is 1. The molecule has 4 nitrogen and oxygen atoms in total. The Morgan fingerprint density at radius 1 is 1.30 bits per heavy atom. The minimum absolute atomic E-state index is 0.0731. The number of aryl methyl sites for hydroxylation is 1. The monoisotopic (exact) mass is 331 g/mol. The van der Waals surface area contributed by atoms with E-state index in [-0.39, 0.29) is 12.1 Å². The molecule has 1 aliphatic heterocycles. The normalized spacial score (nSPS) is 17.3. The molecule has 0 spiro atoms. The van der Waals surface area contributed by atoms with Gasteiger partial charge in [0, 0.05) is 35.7 Å². The second-order valence-corrected chi connectivity index (χ2v) is 6.81. The molecule has 0 bridgehead atoms. The first kappa shape index (κ1) is 15.9. The van der Waals surface area contributed by atoms with E-state index < -0.39 is 0 Å². The van der Waals surface area contributed by atoms with Crippen LogP contribution in [0.15, 0.2) is 36.5 Å². The van der Waals surface area contributed by atoms with Crippen LogP contribution >= 0.6 is 11.6 Å². The summed E-state index contributed by atoms with van der Waals surface area (Å²) in [7, 11) is 0. The summed E-state index contributed by atoms with van der Waals surface area (Å²) in [5.41, 5.74) is 2.93. The van der Waals surface area contributed by atoms with Gasteiger partial charge in [-0.1, -0.05) is 31.5 Å². The van der Waals surface area contributed by atoms with Gasteiger partial charge in [0.25, 0.3) is 0 Å². The van der Waals surface area contributed by atoms with Crippen molar-refractivity contribution >= 4 is 23.3 Å². The van der Waals surface area contributed by atoms with E-state index in [9.17, 15) is 4.79 Å². The molecule has 2 heterocycles. The first-order valence-corrected chi connectivity index (χ1v) is 8.34.